The summed E-state index contributed by atoms with van der Waals surface area (Å²) in [4.78, 5) is 22.6. The third kappa shape index (κ3) is 4.37. The summed E-state index contributed by atoms with van der Waals surface area (Å²) >= 11 is 3.39. The topological polar surface area (TPSA) is 85.4 Å². The van der Waals surface area contributed by atoms with Crippen molar-refractivity contribution in [3.63, 3.8) is 0 Å². The number of carbonyl (C=O) groups excluding carboxylic acids is 1. The molecule has 0 aliphatic rings. The van der Waals surface area contributed by atoms with Gasteiger partial charge in [0, 0.05) is 28.9 Å². The number of nitrogens with zero attached hydrogens (tertiary/aromatic N) is 1. The van der Waals surface area contributed by atoms with Gasteiger partial charge in [0.2, 0.25) is 5.91 Å². The normalized spacial score (nSPS) is 10.5. The number of aryl methyl sites for hydroxylation is 1. The van der Waals surface area contributed by atoms with Crippen molar-refractivity contribution in [1.82, 2.24) is 0 Å². The molecular formula is C19H15BrN2O4. The molecule has 0 spiro atoms. The lowest BCUT2D eigenvalue weighted by Crippen LogP contribution is -2.13. The molecular weight excluding hydrogens is 400 g/mol. The van der Waals surface area contributed by atoms with Crippen molar-refractivity contribution in [2.24, 2.45) is 0 Å². The molecule has 7 heteroatoms. The summed E-state index contributed by atoms with van der Waals surface area (Å²) in [6.45, 7) is 0. The third-order valence-corrected chi connectivity index (χ3v) is 4.29. The second kappa shape index (κ2) is 7.97. The van der Waals surface area contributed by atoms with Gasteiger partial charge in [-0.1, -0.05) is 40.2 Å². The van der Waals surface area contributed by atoms with E-state index < -0.39 is 4.92 Å². The minimum atomic E-state index is -0.521. The highest BCUT2D eigenvalue weighted by Gasteiger charge is 2.15. The number of furan rings is 1. The first-order valence-electron chi connectivity index (χ1n) is 7.91. The number of para-hydroxylation sites is 2. The van der Waals surface area contributed by atoms with Crippen molar-refractivity contribution in [1.29, 1.82) is 0 Å². The molecule has 1 heterocycles. The van der Waals surface area contributed by atoms with Crippen LogP contribution in [0.5, 0.6) is 0 Å². The van der Waals surface area contributed by atoms with Crippen LogP contribution in [0.3, 0.4) is 0 Å². The number of nitro groups is 1. The first kappa shape index (κ1) is 17.9. The Morgan fingerprint density at radius 1 is 1.08 bits per heavy atom. The minimum Gasteiger partial charge on any atom is -0.461 e. The fraction of sp³-hybridized carbons (Fsp3) is 0.105. The van der Waals surface area contributed by atoms with Gasteiger partial charge in [-0.25, -0.2) is 0 Å². The predicted molar refractivity (Wildman–Crippen MR) is 102 cm³/mol. The zero-order chi connectivity index (χ0) is 18.5. The molecule has 0 aliphatic heterocycles. The third-order valence-electron chi connectivity index (χ3n) is 3.76. The first-order valence-corrected chi connectivity index (χ1v) is 8.70. The number of rotatable bonds is 6. The quantitative estimate of drug-likeness (QED) is 0.444. The fourth-order valence-electron chi connectivity index (χ4n) is 2.47. The minimum absolute atomic E-state index is 0.128. The number of amides is 1. The second-order valence-corrected chi connectivity index (χ2v) is 6.51. The molecule has 0 radical (unpaired) electrons. The molecule has 0 aliphatic carbocycles. The summed E-state index contributed by atoms with van der Waals surface area (Å²) in [5, 5.41) is 13.6. The standard InChI is InChI=1S/C19H15BrN2O4/c20-14-7-5-13(6-8-14)18-11-9-15(26-18)10-12-19(23)21-16-3-1-2-4-17(16)22(24)25/h1-9,11H,10,12H2,(H,21,23). The fourth-order valence-corrected chi connectivity index (χ4v) is 2.73. The van der Waals surface area contributed by atoms with Crippen LogP contribution >= 0.6 is 15.9 Å². The number of nitrogens with one attached hydrogen (secondary N) is 1. The van der Waals surface area contributed by atoms with E-state index in [1.165, 1.54) is 12.1 Å². The largest absolute Gasteiger partial charge is 0.461 e. The molecule has 1 N–H and O–H groups in total. The maximum absolute atomic E-state index is 12.1. The molecule has 6 nitrogen and oxygen atoms in total. The van der Waals surface area contributed by atoms with Crippen LogP contribution in [0.1, 0.15) is 12.2 Å². The Labute approximate surface area is 158 Å². The number of carbonyl (C=O) groups is 1. The van der Waals surface area contributed by atoms with Crippen molar-refractivity contribution in [3.05, 3.63) is 81.0 Å². The van der Waals surface area contributed by atoms with Crippen molar-refractivity contribution >= 4 is 33.2 Å². The van der Waals surface area contributed by atoms with E-state index in [4.69, 9.17) is 4.42 Å². The molecule has 0 saturated heterocycles. The van der Waals surface area contributed by atoms with E-state index in [0.29, 0.717) is 12.2 Å². The van der Waals surface area contributed by atoms with E-state index in [0.717, 1.165) is 15.8 Å². The van der Waals surface area contributed by atoms with Crippen LogP contribution in [0, 0.1) is 10.1 Å². The molecule has 0 unspecified atom stereocenters. The van der Waals surface area contributed by atoms with Crippen molar-refractivity contribution in [2.45, 2.75) is 12.8 Å². The molecule has 0 saturated carbocycles. The Hall–Kier alpha value is -2.93. The van der Waals surface area contributed by atoms with Gasteiger partial charge in [-0.3, -0.25) is 14.9 Å². The van der Waals surface area contributed by atoms with Crippen molar-refractivity contribution in [2.75, 3.05) is 5.32 Å². The molecule has 2 aromatic carbocycles. The van der Waals surface area contributed by atoms with Crippen LogP contribution < -0.4 is 5.32 Å². The highest BCUT2D eigenvalue weighted by atomic mass is 79.9. The SMILES string of the molecule is O=C(CCc1ccc(-c2ccc(Br)cc2)o1)Nc1ccccc1[N+](=O)[O-]. The number of hydrogen-bond donors (Lipinski definition) is 1. The van der Waals surface area contributed by atoms with E-state index >= 15 is 0 Å². The highest BCUT2D eigenvalue weighted by molar-refractivity contribution is 9.10. The molecule has 3 aromatic rings. The van der Waals surface area contributed by atoms with E-state index in [-0.39, 0.29) is 23.7 Å². The molecule has 26 heavy (non-hydrogen) atoms. The number of nitro benzene ring substituents is 1. The Morgan fingerprint density at radius 3 is 2.54 bits per heavy atom. The van der Waals surface area contributed by atoms with Crippen LogP contribution in [0.25, 0.3) is 11.3 Å². The summed E-state index contributed by atoms with van der Waals surface area (Å²) < 4.78 is 6.75. The Bertz CT molecular complexity index is 935. The Kier molecular flexibility index (Phi) is 5.48. The van der Waals surface area contributed by atoms with Crippen LogP contribution in [0.15, 0.2) is 69.6 Å². The molecule has 0 bridgehead atoms. The molecule has 132 valence electrons. The summed E-state index contributed by atoms with van der Waals surface area (Å²) in [5.74, 6) is 1.10. The van der Waals surface area contributed by atoms with E-state index in [2.05, 4.69) is 21.2 Å². The van der Waals surface area contributed by atoms with Gasteiger partial charge in [-0.2, -0.15) is 0 Å². The second-order valence-electron chi connectivity index (χ2n) is 5.60. The molecule has 0 fully saturated rings. The van der Waals surface area contributed by atoms with Crippen LogP contribution in [0.2, 0.25) is 0 Å². The molecule has 1 amide bonds. The lowest BCUT2D eigenvalue weighted by Gasteiger charge is -2.05. The van der Waals surface area contributed by atoms with Gasteiger partial charge in [0.25, 0.3) is 5.69 Å². The van der Waals surface area contributed by atoms with E-state index in [9.17, 15) is 14.9 Å². The molecule has 3 rings (SSSR count). The average Bonchev–Trinajstić information content (AvgIpc) is 3.10. The lowest BCUT2D eigenvalue weighted by molar-refractivity contribution is -0.383. The Balaban J connectivity index is 1.60. The van der Waals surface area contributed by atoms with Gasteiger partial charge in [0.05, 0.1) is 4.92 Å². The highest BCUT2D eigenvalue weighted by Crippen LogP contribution is 2.25. The van der Waals surface area contributed by atoms with Gasteiger partial charge < -0.3 is 9.73 Å². The maximum atomic E-state index is 12.1. The number of benzene rings is 2. The number of halogens is 1. The van der Waals surface area contributed by atoms with Gasteiger partial charge in [0.15, 0.2) is 0 Å². The van der Waals surface area contributed by atoms with E-state index in [1.54, 1.807) is 12.1 Å². The maximum Gasteiger partial charge on any atom is 0.292 e. The molecule has 1 aromatic heterocycles. The monoisotopic (exact) mass is 414 g/mol. The summed E-state index contributed by atoms with van der Waals surface area (Å²) in [5.41, 5.74) is 1.01. The van der Waals surface area contributed by atoms with E-state index in [1.807, 2.05) is 36.4 Å². The van der Waals surface area contributed by atoms with Gasteiger partial charge in [-0.15, -0.1) is 0 Å². The van der Waals surface area contributed by atoms with Gasteiger partial charge >= 0.3 is 0 Å². The first-order chi connectivity index (χ1) is 12.5. The van der Waals surface area contributed by atoms with Gasteiger partial charge in [0.1, 0.15) is 17.2 Å². The summed E-state index contributed by atoms with van der Waals surface area (Å²) in [6.07, 6.45) is 0.572. The number of anilines is 1. The van der Waals surface area contributed by atoms with Crippen LogP contribution in [-0.4, -0.2) is 10.8 Å². The van der Waals surface area contributed by atoms with Gasteiger partial charge in [-0.05, 0) is 30.3 Å². The molecule has 0 atom stereocenters. The van der Waals surface area contributed by atoms with Crippen LogP contribution in [-0.2, 0) is 11.2 Å². The predicted octanol–water partition coefficient (Wildman–Crippen LogP) is 5.19. The zero-order valence-electron chi connectivity index (χ0n) is 13.6. The Morgan fingerprint density at radius 2 is 1.81 bits per heavy atom. The summed E-state index contributed by atoms with van der Waals surface area (Å²) in [6, 6.07) is 17.5. The lowest BCUT2D eigenvalue weighted by atomic mass is 10.2. The van der Waals surface area contributed by atoms with Crippen LogP contribution in [0.4, 0.5) is 11.4 Å². The average molecular weight is 415 g/mol. The number of hydrogen-bond acceptors (Lipinski definition) is 4. The smallest absolute Gasteiger partial charge is 0.292 e. The zero-order valence-corrected chi connectivity index (χ0v) is 15.2. The van der Waals surface area contributed by atoms with Crippen molar-refractivity contribution in [3.8, 4) is 11.3 Å². The summed E-state index contributed by atoms with van der Waals surface area (Å²) in [7, 11) is 0. The van der Waals surface area contributed by atoms with Crippen molar-refractivity contribution < 1.29 is 14.1 Å².